The Labute approximate surface area is 250 Å². The van der Waals surface area contributed by atoms with Gasteiger partial charge < -0.3 is 19.8 Å². The summed E-state index contributed by atoms with van der Waals surface area (Å²) in [4.78, 5) is 87.7. The number of rotatable bonds is 13. The van der Waals surface area contributed by atoms with Gasteiger partial charge in [-0.1, -0.05) is 27.7 Å². The van der Waals surface area contributed by atoms with E-state index < -0.39 is 47.5 Å². The summed E-state index contributed by atoms with van der Waals surface area (Å²) in [5.74, 6) is -3.68. The number of ether oxygens (including phenoxy) is 1. The van der Waals surface area contributed by atoms with Crippen LogP contribution >= 0.6 is 11.3 Å². The van der Waals surface area contributed by atoms with Crippen LogP contribution in [0, 0.1) is 11.8 Å². The highest BCUT2D eigenvalue weighted by atomic mass is 32.1. The van der Waals surface area contributed by atoms with Crippen molar-refractivity contribution in [2.75, 3.05) is 21.1 Å². The molecule has 0 spiro atoms. The number of hydroxylamine groups is 2. The topological polar surface area (TPSA) is 156 Å². The van der Waals surface area contributed by atoms with E-state index in [-0.39, 0.29) is 53.6 Å². The zero-order valence-corrected chi connectivity index (χ0v) is 26.9. The Hall–Kier alpha value is -3.39. The molecule has 1 aliphatic heterocycles. The Morgan fingerprint density at radius 1 is 1.05 bits per heavy atom. The summed E-state index contributed by atoms with van der Waals surface area (Å²) in [6.45, 7) is 12.3. The van der Waals surface area contributed by atoms with Gasteiger partial charge in [0.2, 0.25) is 11.8 Å². The highest BCUT2D eigenvalue weighted by molar-refractivity contribution is 7.09. The van der Waals surface area contributed by atoms with Gasteiger partial charge in [0, 0.05) is 44.7 Å². The molecule has 42 heavy (non-hydrogen) atoms. The van der Waals surface area contributed by atoms with Gasteiger partial charge in [-0.25, -0.2) is 9.78 Å². The molecule has 0 unspecified atom stereocenters. The van der Waals surface area contributed by atoms with E-state index in [1.54, 1.807) is 44.8 Å². The molecule has 1 saturated heterocycles. The fourth-order valence-corrected chi connectivity index (χ4v) is 5.06. The van der Waals surface area contributed by atoms with E-state index in [9.17, 15) is 28.8 Å². The molecule has 2 rings (SSSR count). The normalized spacial score (nSPS) is 16.1. The number of carbonyl (C=O) groups excluding carboxylic acids is 6. The first-order valence-corrected chi connectivity index (χ1v) is 14.7. The minimum atomic E-state index is -0.994. The molecule has 3 atom stereocenters. The number of esters is 1. The van der Waals surface area contributed by atoms with Crippen molar-refractivity contribution in [3.8, 4) is 0 Å². The third-order valence-corrected chi connectivity index (χ3v) is 8.39. The molecule has 1 fully saturated rings. The number of hydrogen-bond donors (Lipinski definition) is 1. The number of nitrogens with one attached hydrogen (secondary N) is 1. The van der Waals surface area contributed by atoms with Gasteiger partial charge in [0.1, 0.15) is 11.0 Å². The molecular formula is C28H43N5O8S. The standard InChI is InChI=1S/C28H43N5O8S/c1-15(2)19(32(10)25(37)23(16(3)4)30-27(39)28(6,7)31(8)9)13-20(40-17(5)34)24-29-18(14-42-24)26(38)41-33-21(35)11-12-22(33)36/h14-16,19-20,23H,11-13H2,1-10H3,(H,30,39)/t19-,20-,23+/m1/s1. The van der Waals surface area contributed by atoms with Gasteiger partial charge in [0.05, 0.1) is 5.54 Å². The van der Waals surface area contributed by atoms with Crippen LogP contribution in [0.3, 0.4) is 0 Å². The van der Waals surface area contributed by atoms with Crippen molar-refractivity contribution in [3.63, 3.8) is 0 Å². The largest absolute Gasteiger partial charge is 0.455 e. The van der Waals surface area contributed by atoms with Gasteiger partial charge in [-0.05, 0) is 39.8 Å². The number of likely N-dealkylation sites (N-methyl/N-ethyl adjacent to an activating group) is 2. The van der Waals surface area contributed by atoms with Crippen molar-refractivity contribution in [2.24, 2.45) is 11.8 Å². The summed E-state index contributed by atoms with van der Waals surface area (Å²) < 4.78 is 5.58. The van der Waals surface area contributed by atoms with E-state index in [0.717, 1.165) is 11.3 Å². The molecule has 0 bridgehead atoms. The lowest BCUT2D eigenvalue weighted by Gasteiger charge is -2.38. The van der Waals surface area contributed by atoms with Crippen LogP contribution in [0.5, 0.6) is 0 Å². The SMILES string of the molecule is CC(=O)O[C@H](C[C@H](C(C)C)N(C)C(=O)[C@@H](NC(=O)C(C)(C)N(C)C)C(C)C)c1nc(C(=O)ON2C(=O)CCC2=O)cs1. The predicted octanol–water partition coefficient (Wildman–Crippen LogP) is 2.32. The zero-order chi connectivity index (χ0) is 32.1. The summed E-state index contributed by atoms with van der Waals surface area (Å²) in [5, 5.41) is 5.01. The quantitative estimate of drug-likeness (QED) is 0.260. The molecule has 0 aliphatic carbocycles. The number of nitrogens with zero attached hydrogens (tertiary/aromatic N) is 4. The molecule has 4 amide bonds. The average molecular weight is 610 g/mol. The van der Waals surface area contributed by atoms with Crippen LogP contribution in [-0.4, -0.2) is 94.2 Å². The molecule has 0 aromatic carbocycles. The van der Waals surface area contributed by atoms with Crippen LogP contribution in [0.15, 0.2) is 5.38 Å². The van der Waals surface area contributed by atoms with E-state index >= 15 is 0 Å². The number of amides is 4. The monoisotopic (exact) mass is 609 g/mol. The molecule has 1 N–H and O–H groups in total. The number of aromatic nitrogens is 1. The summed E-state index contributed by atoms with van der Waals surface area (Å²) in [6, 6.07) is -1.24. The second-order valence-corrected chi connectivity index (χ2v) is 12.7. The summed E-state index contributed by atoms with van der Waals surface area (Å²) >= 11 is 1.04. The second-order valence-electron chi connectivity index (χ2n) is 11.8. The van der Waals surface area contributed by atoms with Crippen LogP contribution in [-0.2, 0) is 33.5 Å². The smallest absolute Gasteiger partial charge is 0.382 e. The maximum absolute atomic E-state index is 13.8. The zero-order valence-electron chi connectivity index (χ0n) is 26.0. The molecule has 14 heteroatoms. The third-order valence-electron chi connectivity index (χ3n) is 7.46. The first-order valence-electron chi connectivity index (χ1n) is 13.8. The Bertz CT molecular complexity index is 1180. The molecule has 2 heterocycles. The second kappa shape index (κ2) is 14.2. The number of hydrogen-bond acceptors (Lipinski definition) is 11. The van der Waals surface area contributed by atoms with Gasteiger partial charge in [0.15, 0.2) is 11.8 Å². The maximum Gasteiger partial charge on any atom is 0.382 e. The van der Waals surface area contributed by atoms with Gasteiger partial charge in [-0.2, -0.15) is 0 Å². The molecule has 1 aliphatic rings. The third kappa shape index (κ3) is 8.34. The fourth-order valence-electron chi connectivity index (χ4n) is 4.23. The minimum absolute atomic E-state index is 0.0411. The molecule has 1 aromatic rings. The number of imide groups is 1. The number of thiazole rings is 1. The van der Waals surface area contributed by atoms with E-state index in [2.05, 4.69) is 10.3 Å². The van der Waals surface area contributed by atoms with Crippen molar-refractivity contribution in [1.29, 1.82) is 0 Å². The number of carbonyl (C=O) groups is 6. The Balaban J connectivity index is 2.28. The van der Waals surface area contributed by atoms with Crippen LogP contribution in [0.2, 0.25) is 0 Å². The molecule has 0 saturated carbocycles. The average Bonchev–Trinajstić information content (AvgIpc) is 3.51. The molecule has 0 radical (unpaired) electrons. The lowest BCUT2D eigenvalue weighted by molar-refractivity contribution is -0.172. The van der Waals surface area contributed by atoms with E-state index in [0.29, 0.717) is 5.06 Å². The summed E-state index contributed by atoms with van der Waals surface area (Å²) in [5.41, 5.74) is -1.00. The molecule has 1 aromatic heterocycles. The van der Waals surface area contributed by atoms with Crippen molar-refractivity contribution in [2.45, 2.75) is 91.5 Å². The van der Waals surface area contributed by atoms with E-state index in [1.165, 1.54) is 12.3 Å². The lowest BCUT2D eigenvalue weighted by atomic mass is 9.93. The van der Waals surface area contributed by atoms with E-state index in [1.807, 2.05) is 27.7 Å². The highest BCUT2D eigenvalue weighted by Crippen LogP contribution is 2.31. The molecule has 234 valence electrons. The van der Waals surface area contributed by atoms with Gasteiger partial charge in [-0.15, -0.1) is 16.4 Å². The van der Waals surface area contributed by atoms with Crippen LogP contribution < -0.4 is 5.32 Å². The maximum atomic E-state index is 13.8. The van der Waals surface area contributed by atoms with Crippen molar-refractivity contribution >= 4 is 46.9 Å². The molecule has 13 nitrogen and oxygen atoms in total. The first kappa shape index (κ1) is 34.8. The summed E-state index contributed by atoms with van der Waals surface area (Å²) in [6.07, 6.45) is -0.834. The van der Waals surface area contributed by atoms with Gasteiger partial charge in [-0.3, -0.25) is 28.9 Å². The fraction of sp³-hybridized carbons (Fsp3) is 0.679. The van der Waals surface area contributed by atoms with Gasteiger partial charge in [0.25, 0.3) is 11.8 Å². The summed E-state index contributed by atoms with van der Waals surface area (Å²) in [7, 11) is 5.22. The van der Waals surface area contributed by atoms with E-state index in [4.69, 9.17) is 9.57 Å². The minimum Gasteiger partial charge on any atom is -0.455 e. The van der Waals surface area contributed by atoms with Crippen molar-refractivity contribution in [3.05, 3.63) is 16.1 Å². The van der Waals surface area contributed by atoms with Crippen LogP contribution in [0.4, 0.5) is 0 Å². The molecular weight excluding hydrogens is 566 g/mol. The highest BCUT2D eigenvalue weighted by Gasteiger charge is 2.38. The van der Waals surface area contributed by atoms with Crippen LogP contribution in [0.25, 0.3) is 0 Å². The van der Waals surface area contributed by atoms with Crippen molar-refractivity contribution in [1.82, 2.24) is 25.2 Å². The van der Waals surface area contributed by atoms with Gasteiger partial charge >= 0.3 is 11.9 Å². The Morgan fingerprint density at radius 2 is 1.62 bits per heavy atom. The first-order chi connectivity index (χ1) is 19.4. The van der Waals surface area contributed by atoms with Crippen molar-refractivity contribution < 1.29 is 38.3 Å². The van der Waals surface area contributed by atoms with Crippen LogP contribution in [0.1, 0.15) is 89.3 Å². The lowest BCUT2D eigenvalue weighted by Crippen LogP contribution is -2.59. The predicted molar refractivity (Wildman–Crippen MR) is 154 cm³/mol. The Kier molecular flexibility index (Phi) is 11.8. The Morgan fingerprint density at radius 3 is 2.10 bits per heavy atom.